The van der Waals surface area contributed by atoms with Crippen LogP contribution in [-0.2, 0) is 35.5 Å². The SMILES string of the molecule is CCOC(=O)Cn1c(=NC(=O)CS(=O)(=O)C(C)=O)sc2ccccc21. The summed E-state index contributed by atoms with van der Waals surface area (Å²) in [7, 11) is -4.17. The van der Waals surface area contributed by atoms with Gasteiger partial charge in [-0.25, -0.2) is 8.42 Å². The molecule has 1 heterocycles. The normalized spacial score (nSPS) is 12.3. The Labute approximate surface area is 147 Å². The first kappa shape index (κ1) is 19.0. The predicted molar refractivity (Wildman–Crippen MR) is 91.5 cm³/mol. The fourth-order valence-corrected chi connectivity index (χ4v) is 3.64. The van der Waals surface area contributed by atoms with Crippen molar-refractivity contribution >= 4 is 48.4 Å². The maximum atomic E-state index is 12.0. The molecule has 1 amide bonds. The Morgan fingerprint density at radius 2 is 1.92 bits per heavy atom. The van der Waals surface area contributed by atoms with E-state index in [0.717, 1.165) is 23.0 Å². The molecule has 0 N–H and O–H groups in total. The summed E-state index contributed by atoms with van der Waals surface area (Å²) in [6.45, 7) is 2.60. The molecule has 0 fully saturated rings. The van der Waals surface area contributed by atoms with Crippen molar-refractivity contribution in [3.63, 3.8) is 0 Å². The highest BCUT2D eigenvalue weighted by Gasteiger charge is 2.22. The number of ether oxygens (including phenoxy) is 1. The van der Waals surface area contributed by atoms with Crippen molar-refractivity contribution < 1.29 is 27.5 Å². The summed E-state index contributed by atoms with van der Waals surface area (Å²) < 4.78 is 30.3. The van der Waals surface area contributed by atoms with Crippen LogP contribution < -0.4 is 4.80 Å². The smallest absolute Gasteiger partial charge is 0.326 e. The van der Waals surface area contributed by atoms with Gasteiger partial charge in [0.25, 0.3) is 5.91 Å². The molecule has 8 nitrogen and oxygen atoms in total. The van der Waals surface area contributed by atoms with Gasteiger partial charge in [-0.15, -0.1) is 0 Å². The van der Waals surface area contributed by atoms with Crippen molar-refractivity contribution in [1.82, 2.24) is 4.57 Å². The average Bonchev–Trinajstić information content (AvgIpc) is 2.84. The van der Waals surface area contributed by atoms with Crippen molar-refractivity contribution in [2.24, 2.45) is 4.99 Å². The molecule has 0 radical (unpaired) electrons. The fraction of sp³-hybridized carbons (Fsp3) is 0.333. The first-order valence-corrected chi connectivity index (χ1v) is 9.76. The van der Waals surface area contributed by atoms with Gasteiger partial charge in [0, 0.05) is 6.92 Å². The van der Waals surface area contributed by atoms with Crippen LogP contribution in [0, 0.1) is 0 Å². The second-order valence-electron chi connectivity index (χ2n) is 5.00. The predicted octanol–water partition coefficient (Wildman–Crippen LogP) is 0.654. The first-order chi connectivity index (χ1) is 11.7. The zero-order valence-corrected chi connectivity index (χ0v) is 15.2. The van der Waals surface area contributed by atoms with E-state index in [1.165, 1.54) is 4.57 Å². The molecule has 0 aliphatic rings. The number of rotatable bonds is 5. The van der Waals surface area contributed by atoms with E-state index in [-0.39, 0.29) is 18.0 Å². The molecule has 0 aliphatic heterocycles. The number of carbonyl (C=O) groups is 3. The number of nitrogens with zero attached hydrogens (tertiary/aromatic N) is 2. The standard InChI is InChI=1S/C15H16N2O6S2/c1-3-23-14(20)8-17-11-6-4-5-7-12(11)24-15(17)16-13(19)9-25(21,22)10(2)18/h4-7H,3,8-9H2,1-2H3. The highest BCUT2D eigenvalue weighted by molar-refractivity contribution is 8.06. The van der Waals surface area contributed by atoms with Crippen LogP contribution in [0.25, 0.3) is 10.2 Å². The summed E-state index contributed by atoms with van der Waals surface area (Å²) in [5.74, 6) is -2.48. The van der Waals surface area contributed by atoms with Crippen LogP contribution in [0.5, 0.6) is 0 Å². The van der Waals surface area contributed by atoms with E-state index in [4.69, 9.17) is 4.74 Å². The molecule has 0 saturated carbocycles. The fourth-order valence-electron chi connectivity index (χ4n) is 2.00. The van der Waals surface area contributed by atoms with Crippen LogP contribution in [-0.4, -0.2) is 42.3 Å². The number of benzene rings is 1. The molecule has 1 aromatic carbocycles. The van der Waals surface area contributed by atoms with Crippen LogP contribution in [0.3, 0.4) is 0 Å². The van der Waals surface area contributed by atoms with Gasteiger partial charge in [-0.05, 0) is 19.1 Å². The molecule has 0 unspecified atom stereocenters. The number of thiazole rings is 1. The lowest BCUT2D eigenvalue weighted by atomic mass is 10.3. The summed E-state index contributed by atoms with van der Waals surface area (Å²) in [4.78, 5) is 38.7. The number of hydrogen-bond donors (Lipinski definition) is 0. The Morgan fingerprint density at radius 3 is 2.56 bits per heavy atom. The molecule has 25 heavy (non-hydrogen) atoms. The number of fused-ring (bicyclic) bond motifs is 1. The maximum absolute atomic E-state index is 12.0. The molecule has 134 valence electrons. The third-order valence-corrected chi connectivity index (χ3v) is 5.71. The quantitative estimate of drug-likeness (QED) is 0.700. The average molecular weight is 384 g/mol. The molecule has 0 atom stereocenters. The third-order valence-electron chi connectivity index (χ3n) is 3.15. The van der Waals surface area contributed by atoms with Gasteiger partial charge in [-0.1, -0.05) is 23.5 Å². The minimum absolute atomic E-state index is 0.163. The van der Waals surface area contributed by atoms with Crippen LogP contribution in [0.2, 0.25) is 0 Å². The summed E-state index contributed by atoms with van der Waals surface area (Å²) in [6, 6.07) is 7.10. The van der Waals surface area contributed by atoms with E-state index in [2.05, 4.69) is 4.99 Å². The highest BCUT2D eigenvalue weighted by Crippen LogP contribution is 2.16. The van der Waals surface area contributed by atoms with Gasteiger partial charge >= 0.3 is 5.97 Å². The topological polar surface area (TPSA) is 112 Å². The maximum Gasteiger partial charge on any atom is 0.326 e. The number of para-hydroxylation sites is 1. The lowest BCUT2D eigenvalue weighted by molar-refractivity contribution is -0.143. The van der Waals surface area contributed by atoms with Gasteiger partial charge in [-0.2, -0.15) is 4.99 Å². The lowest BCUT2D eigenvalue weighted by Gasteiger charge is -2.04. The number of sulfone groups is 1. The zero-order valence-electron chi connectivity index (χ0n) is 13.6. The highest BCUT2D eigenvalue weighted by atomic mass is 32.2. The second kappa shape index (κ2) is 7.70. The monoisotopic (exact) mass is 384 g/mol. The van der Waals surface area contributed by atoms with Crippen molar-refractivity contribution in [2.75, 3.05) is 12.4 Å². The summed E-state index contributed by atoms with van der Waals surface area (Å²) >= 11 is 1.13. The third kappa shape index (κ3) is 4.60. The van der Waals surface area contributed by atoms with Gasteiger partial charge in [0.05, 0.1) is 16.8 Å². The molecular weight excluding hydrogens is 368 g/mol. The van der Waals surface area contributed by atoms with Crippen molar-refractivity contribution in [1.29, 1.82) is 0 Å². The number of aromatic nitrogens is 1. The molecular formula is C15H16N2O6S2. The Morgan fingerprint density at radius 1 is 1.24 bits per heavy atom. The number of esters is 1. The van der Waals surface area contributed by atoms with Gasteiger partial charge in [-0.3, -0.25) is 14.4 Å². The molecule has 0 aliphatic carbocycles. The van der Waals surface area contributed by atoms with E-state index >= 15 is 0 Å². The Bertz CT molecular complexity index is 1000. The Balaban J connectivity index is 2.47. The molecule has 0 spiro atoms. The van der Waals surface area contributed by atoms with Crippen LogP contribution >= 0.6 is 11.3 Å². The van der Waals surface area contributed by atoms with Crippen molar-refractivity contribution in [2.45, 2.75) is 20.4 Å². The van der Waals surface area contributed by atoms with E-state index in [1.54, 1.807) is 31.2 Å². The minimum atomic E-state index is -4.17. The summed E-state index contributed by atoms with van der Waals surface area (Å²) in [6.07, 6.45) is 0. The first-order valence-electron chi connectivity index (χ1n) is 7.29. The van der Waals surface area contributed by atoms with Gasteiger partial charge in [0.2, 0.25) is 15.0 Å². The van der Waals surface area contributed by atoms with Gasteiger partial charge in [0.15, 0.2) is 4.80 Å². The lowest BCUT2D eigenvalue weighted by Crippen LogP contribution is -2.26. The molecule has 0 saturated heterocycles. The van der Waals surface area contributed by atoms with E-state index in [1.807, 2.05) is 0 Å². The Kier molecular flexibility index (Phi) is 5.85. The van der Waals surface area contributed by atoms with Crippen molar-refractivity contribution in [3.8, 4) is 0 Å². The summed E-state index contributed by atoms with van der Waals surface area (Å²) in [5.41, 5.74) is 0.668. The Hall–Kier alpha value is -2.33. The molecule has 2 rings (SSSR count). The van der Waals surface area contributed by atoms with Crippen LogP contribution in [0.15, 0.2) is 29.3 Å². The second-order valence-corrected chi connectivity index (χ2v) is 8.10. The zero-order chi connectivity index (χ0) is 18.6. The summed E-state index contributed by atoms with van der Waals surface area (Å²) in [5, 5.41) is -1.09. The molecule has 10 heteroatoms. The number of hydrogen-bond acceptors (Lipinski definition) is 7. The number of carbonyl (C=O) groups excluding carboxylic acids is 3. The minimum Gasteiger partial charge on any atom is -0.465 e. The molecule has 2 aromatic rings. The van der Waals surface area contributed by atoms with E-state index in [9.17, 15) is 22.8 Å². The molecule has 0 bridgehead atoms. The largest absolute Gasteiger partial charge is 0.465 e. The molecule has 1 aromatic heterocycles. The number of amides is 1. The van der Waals surface area contributed by atoms with Gasteiger partial charge < -0.3 is 9.30 Å². The van der Waals surface area contributed by atoms with Crippen LogP contribution in [0.1, 0.15) is 13.8 Å². The van der Waals surface area contributed by atoms with E-state index < -0.39 is 32.6 Å². The van der Waals surface area contributed by atoms with Crippen molar-refractivity contribution in [3.05, 3.63) is 29.1 Å². The van der Waals surface area contributed by atoms with Crippen LogP contribution in [0.4, 0.5) is 0 Å². The van der Waals surface area contributed by atoms with E-state index in [0.29, 0.717) is 5.52 Å². The van der Waals surface area contributed by atoms with Gasteiger partial charge in [0.1, 0.15) is 12.3 Å².